The third-order valence-corrected chi connectivity index (χ3v) is 6.35. The van der Waals surface area contributed by atoms with E-state index in [1.54, 1.807) is 22.7 Å². The van der Waals surface area contributed by atoms with Gasteiger partial charge in [0.15, 0.2) is 5.96 Å². The molecule has 1 aliphatic heterocycles. The van der Waals surface area contributed by atoms with Crippen molar-refractivity contribution in [3.8, 4) is 0 Å². The van der Waals surface area contributed by atoms with E-state index in [4.69, 9.17) is 0 Å². The molecule has 1 aromatic rings. The molecule has 0 radical (unpaired) electrons. The molecule has 0 bridgehead atoms. The molecule has 0 unspecified atom stereocenters. The lowest BCUT2D eigenvalue weighted by atomic mass is 9.98. The summed E-state index contributed by atoms with van der Waals surface area (Å²) in [5, 5.41) is 6.66. The molecule has 1 aliphatic rings. The number of piperidine rings is 1. The molecule has 138 valence electrons. The number of thiophene rings is 1. The highest BCUT2D eigenvalue weighted by molar-refractivity contribution is 14.0. The summed E-state index contributed by atoms with van der Waals surface area (Å²) in [5.74, 6) is 1.28. The number of rotatable bonds is 5. The van der Waals surface area contributed by atoms with Crippen LogP contribution in [0, 0.1) is 12.8 Å². The van der Waals surface area contributed by atoms with Crippen molar-refractivity contribution in [1.82, 2.24) is 14.9 Å². The molecule has 1 fully saturated rings. The van der Waals surface area contributed by atoms with E-state index in [1.807, 2.05) is 0 Å². The average molecular weight is 486 g/mol. The van der Waals surface area contributed by atoms with E-state index in [9.17, 15) is 8.42 Å². The number of halogens is 1. The molecular weight excluding hydrogens is 459 g/mol. The number of sulfonamides is 1. The fourth-order valence-electron chi connectivity index (χ4n) is 2.66. The molecule has 1 aromatic heterocycles. The Balaban J connectivity index is 0.00000288. The van der Waals surface area contributed by atoms with Gasteiger partial charge in [0, 0.05) is 36.4 Å². The summed E-state index contributed by atoms with van der Waals surface area (Å²) in [6.45, 7) is 4.92. The van der Waals surface area contributed by atoms with E-state index in [-0.39, 0.29) is 24.0 Å². The van der Waals surface area contributed by atoms with E-state index in [2.05, 4.69) is 34.7 Å². The van der Waals surface area contributed by atoms with Gasteiger partial charge in [0.25, 0.3) is 0 Å². The lowest BCUT2D eigenvalue weighted by molar-refractivity contribution is 0.275. The number of hydrogen-bond acceptors (Lipinski definition) is 4. The van der Waals surface area contributed by atoms with Gasteiger partial charge in [-0.2, -0.15) is 0 Å². The Kier molecular flexibility index (Phi) is 8.96. The van der Waals surface area contributed by atoms with Crippen LogP contribution < -0.4 is 10.6 Å². The third kappa shape index (κ3) is 6.85. The number of aryl methyl sites for hydroxylation is 1. The number of guanidine groups is 1. The van der Waals surface area contributed by atoms with Gasteiger partial charge in [0.1, 0.15) is 0 Å². The van der Waals surface area contributed by atoms with Crippen molar-refractivity contribution in [2.75, 3.05) is 32.9 Å². The van der Waals surface area contributed by atoms with Crippen LogP contribution in [0.5, 0.6) is 0 Å². The van der Waals surface area contributed by atoms with E-state index in [0.717, 1.165) is 31.9 Å². The Bertz CT molecular complexity index is 638. The van der Waals surface area contributed by atoms with Crippen LogP contribution in [0.3, 0.4) is 0 Å². The second-order valence-corrected chi connectivity index (χ2v) is 9.28. The first-order valence-electron chi connectivity index (χ1n) is 7.83. The van der Waals surface area contributed by atoms with Gasteiger partial charge < -0.3 is 10.6 Å². The second-order valence-electron chi connectivity index (χ2n) is 5.92. The molecule has 0 aromatic carbocycles. The number of aliphatic imine (C=N–C) groups is 1. The lowest BCUT2D eigenvalue weighted by Crippen LogP contribution is -2.43. The minimum Gasteiger partial charge on any atom is -0.356 e. The largest absolute Gasteiger partial charge is 0.356 e. The van der Waals surface area contributed by atoms with Crippen LogP contribution in [0.2, 0.25) is 0 Å². The molecule has 0 aliphatic carbocycles. The van der Waals surface area contributed by atoms with Crippen molar-refractivity contribution in [3.05, 3.63) is 21.9 Å². The molecule has 0 spiro atoms. The second kappa shape index (κ2) is 9.93. The topological polar surface area (TPSA) is 73.8 Å². The molecule has 9 heteroatoms. The lowest BCUT2D eigenvalue weighted by Gasteiger charge is -2.30. The molecule has 2 heterocycles. The average Bonchev–Trinajstić information content (AvgIpc) is 2.92. The van der Waals surface area contributed by atoms with Gasteiger partial charge in [-0.1, -0.05) is 0 Å². The van der Waals surface area contributed by atoms with Crippen molar-refractivity contribution in [2.24, 2.45) is 10.9 Å². The maximum absolute atomic E-state index is 11.5. The monoisotopic (exact) mass is 486 g/mol. The number of hydrogen-bond donors (Lipinski definition) is 2. The Labute approximate surface area is 166 Å². The van der Waals surface area contributed by atoms with Crippen molar-refractivity contribution in [2.45, 2.75) is 26.3 Å². The van der Waals surface area contributed by atoms with Crippen LogP contribution in [0.25, 0.3) is 0 Å². The van der Waals surface area contributed by atoms with Crippen LogP contribution >= 0.6 is 35.3 Å². The summed E-state index contributed by atoms with van der Waals surface area (Å²) in [5.41, 5.74) is 0. The van der Waals surface area contributed by atoms with Gasteiger partial charge >= 0.3 is 0 Å². The van der Waals surface area contributed by atoms with Crippen LogP contribution in [0.1, 0.15) is 22.6 Å². The highest BCUT2D eigenvalue weighted by Crippen LogP contribution is 2.18. The minimum atomic E-state index is -3.04. The molecule has 2 N–H and O–H groups in total. The fourth-order valence-corrected chi connectivity index (χ4v) is 4.36. The third-order valence-electron chi connectivity index (χ3n) is 4.05. The van der Waals surface area contributed by atoms with Crippen molar-refractivity contribution in [1.29, 1.82) is 0 Å². The van der Waals surface area contributed by atoms with Gasteiger partial charge in [0.2, 0.25) is 10.0 Å². The van der Waals surface area contributed by atoms with Crippen molar-refractivity contribution in [3.63, 3.8) is 0 Å². The Morgan fingerprint density at radius 2 is 2.00 bits per heavy atom. The van der Waals surface area contributed by atoms with E-state index in [0.29, 0.717) is 19.0 Å². The zero-order chi connectivity index (χ0) is 16.9. The molecule has 24 heavy (non-hydrogen) atoms. The Morgan fingerprint density at radius 1 is 1.33 bits per heavy atom. The van der Waals surface area contributed by atoms with Gasteiger partial charge in [-0.15, -0.1) is 35.3 Å². The standard InChI is InChI=1S/C15H26N4O2S2.HI/c1-12-4-5-14(22-12)11-18-15(16-2)17-10-13-6-8-19(9-7-13)23(3,20)21;/h4-5,13H,6-11H2,1-3H3,(H2,16,17,18);1H. The minimum absolute atomic E-state index is 0. The molecule has 1 saturated heterocycles. The predicted octanol–water partition coefficient (Wildman–Crippen LogP) is 2.01. The Hall–Kier alpha value is -0.390. The van der Waals surface area contributed by atoms with Gasteiger partial charge in [0.05, 0.1) is 12.8 Å². The molecule has 2 rings (SSSR count). The smallest absolute Gasteiger partial charge is 0.211 e. The van der Waals surface area contributed by atoms with Crippen LogP contribution in [-0.2, 0) is 16.6 Å². The summed E-state index contributed by atoms with van der Waals surface area (Å²) in [4.78, 5) is 6.83. The zero-order valence-corrected chi connectivity index (χ0v) is 18.4. The van der Waals surface area contributed by atoms with Crippen LogP contribution in [-0.4, -0.2) is 51.6 Å². The van der Waals surface area contributed by atoms with Crippen LogP contribution in [0.4, 0.5) is 0 Å². The number of nitrogens with zero attached hydrogens (tertiary/aromatic N) is 2. The van der Waals surface area contributed by atoms with E-state index in [1.165, 1.54) is 16.0 Å². The molecule has 0 atom stereocenters. The van der Waals surface area contributed by atoms with Gasteiger partial charge in [-0.25, -0.2) is 12.7 Å². The summed E-state index contributed by atoms with van der Waals surface area (Å²) in [6.07, 6.45) is 3.06. The van der Waals surface area contributed by atoms with Gasteiger partial charge in [-0.05, 0) is 37.8 Å². The highest BCUT2D eigenvalue weighted by atomic mass is 127. The summed E-state index contributed by atoms with van der Waals surface area (Å²) in [7, 11) is -1.28. The quantitative estimate of drug-likeness (QED) is 0.380. The molecule has 0 saturated carbocycles. The fraction of sp³-hybridized carbons (Fsp3) is 0.667. The predicted molar refractivity (Wildman–Crippen MR) is 112 cm³/mol. The first kappa shape index (κ1) is 21.7. The first-order valence-corrected chi connectivity index (χ1v) is 10.5. The summed E-state index contributed by atoms with van der Waals surface area (Å²) < 4.78 is 24.6. The first-order chi connectivity index (χ1) is 10.9. The normalized spacial score (nSPS) is 17.4. The maximum atomic E-state index is 11.5. The van der Waals surface area contributed by atoms with E-state index < -0.39 is 10.0 Å². The SMILES string of the molecule is CN=C(NCc1ccc(C)s1)NCC1CCN(S(C)(=O)=O)CC1.I. The molecule has 0 amide bonds. The maximum Gasteiger partial charge on any atom is 0.211 e. The van der Waals surface area contributed by atoms with E-state index >= 15 is 0 Å². The molecule has 6 nitrogen and oxygen atoms in total. The van der Waals surface area contributed by atoms with Crippen molar-refractivity contribution < 1.29 is 8.42 Å². The highest BCUT2D eigenvalue weighted by Gasteiger charge is 2.24. The summed E-state index contributed by atoms with van der Waals surface area (Å²) in [6, 6.07) is 4.24. The summed E-state index contributed by atoms with van der Waals surface area (Å²) >= 11 is 1.78. The number of nitrogens with one attached hydrogen (secondary N) is 2. The van der Waals surface area contributed by atoms with Crippen LogP contribution in [0.15, 0.2) is 17.1 Å². The molecular formula is C15H27IN4O2S2. The van der Waals surface area contributed by atoms with Gasteiger partial charge in [-0.3, -0.25) is 4.99 Å². The zero-order valence-electron chi connectivity index (χ0n) is 14.4. The van der Waals surface area contributed by atoms with Crippen molar-refractivity contribution >= 4 is 51.3 Å². The Morgan fingerprint density at radius 3 is 2.50 bits per heavy atom.